The molecule has 19 heavy (non-hydrogen) atoms. The zero-order valence-electron chi connectivity index (χ0n) is 12.7. The van der Waals surface area contributed by atoms with E-state index in [4.69, 9.17) is 9.47 Å². The topological polar surface area (TPSA) is 33.7 Å². The first-order valence-corrected chi connectivity index (χ1v) is 7.91. The van der Waals surface area contributed by atoms with E-state index < -0.39 is 0 Å². The first kappa shape index (κ1) is 15.2. The predicted octanol–water partition coefficient (Wildman–Crippen LogP) is 1.50. The van der Waals surface area contributed by atoms with Crippen LogP contribution in [0.5, 0.6) is 0 Å². The molecule has 2 fully saturated rings. The summed E-state index contributed by atoms with van der Waals surface area (Å²) in [6.07, 6.45) is 2.69. The van der Waals surface area contributed by atoms with Crippen molar-refractivity contribution in [1.82, 2.24) is 10.2 Å². The highest BCUT2D eigenvalue weighted by molar-refractivity contribution is 4.86. The molecule has 0 radical (unpaired) electrons. The lowest BCUT2D eigenvalue weighted by molar-refractivity contribution is -0.0726. The number of nitrogens with one attached hydrogen (secondary N) is 1. The van der Waals surface area contributed by atoms with Gasteiger partial charge in [0.25, 0.3) is 0 Å². The van der Waals surface area contributed by atoms with Crippen molar-refractivity contribution in [3.8, 4) is 0 Å². The van der Waals surface area contributed by atoms with Crippen LogP contribution in [0.2, 0.25) is 0 Å². The van der Waals surface area contributed by atoms with E-state index in [1.807, 2.05) is 0 Å². The van der Waals surface area contributed by atoms with Gasteiger partial charge in [-0.1, -0.05) is 13.8 Å². The van der Waals surface area contributed by atoms with E-state index in [-0.39, 0.29) is 0 Å². The average molecular weight is 270 g/mol. The minimum absolute atomic E-state index is 0.366. The zero-order chi connectivity index (χ0) is 13.7. The van der Waals surface area contributed by atoms with E-state index >= 15 is 0 Å². The van der Waals surface area contributed by atoms with Crippen LogP contribution >= 0.6 is 0 Å². The average Bonchev–Trinajstić information content (AvgIpc) is 2.42. The standard InChI is InChI=1S/C15H30N2O2/c1-4-14-11-19-12(3)8-17(14)9-13-10-18-7-6-15(13)16-5-2/h12-16H,4-11H2,1-3H3. The molecule has 2 aliphatic heterocycles. The first-order valence-electron chi connectivity index (χ1n) is 7.91. The summed E-state index contributed by atoms with van der Waals surface area (Å²) >= 11 is 0. The van der Waals surface area contributed by atoms with Crippen LogP contribution in [0.1, 0.15) is 33.6 Å². The summed E-state index contributed by atoms with van der Waals surface area (Å²) in [5.41, 5.74) is 0. The van der Waals surface area contributed by atoms with Crippen molar-refractivity contribution in [2.45, 2.75) is 51.8 Å². The molecule has 0 amide bonds. The van der Waals surface area contributed by atoms with Gasteiger partial charge in [0.15, 0.2) is 0 Å². The molecule has 2 saturated heterocycles. The number of hydrogen-bond acceptors (Lipinski definition) is 4. The fourth-order valence-corrected chi connectivity index (χ4v) is 3.32. The van der Waals surface area contributed by atoms with E-state index in [2.05, 4.69) is 31.0 Å². The Labute approximate surface area is 117 Å². The second kappa shape index (κ2) is 7.58. The van der Waals surface area contributed by atoms with Gasteiger partial charge in [-0.3, -0.25) is 4.90 Å². The fourth-order valence-electron chi connectivity index (χ4n) is 3.32. The molecule has 4 nitrogen and oxygen atoms in total. The van der Waals surface area contributed by atoms with Crippen LogP contribution in [0, 0.1) is 5.92 Å². The maximum absolute atomic E-state index is 5.79. The maximum atomic E-state index is 5.79. The fraction of sp³-hybridized carbons (Fsp3) is 1.00. The van der Waals surface area contributed by atoms with Crippen LogP contribution in [-0.4, -0.2) is 62.5 Å². The van der Waals surface area contributed by atoms with Crippen molar-refractivity contribution in [2.75, 3.05) is 39.5 Å². The van der Waals surface area contributed by atoms with Gasteiger partial charge in [-0.2, -0.15) is 0 Å². The molecule has 0 aliphatic carbocycles. The maximum Gasteiger partial charge on any atom is 0.0674 e. The van der Waals surface area contributed by atoms with E-state index in [9.17, 15) is 0 Å². The second-order valence-electron chi connectivity index (χ2n) is 5.95. The SMILES string of the molecule is CCNC1CCOCC1CN1CC(C)OCC1CC. The van der Waals surface area contributed by atoms with E-state index in [0.29, 0.717) is 24.1 Å². The molecule has 0 aromatic carbocycles. The molecule has 2 heterocycles. The quantitative estimate of drug-likeness (QED) is 0.821. The number of morpholine rings is 1. The summed E-state index contributed by atoms with van der Waals surface area (Å²) in [5, 5.41) is 3.63. The highest BCUT2D eigenvalue weighted by atomic mass is 16.5. The minimum Gasteiger partial charge on any atom is -0.381 e. The van der Waals surface area contributed by atoms with Gasteiger partial charge >= 0.3 is 0 Å². The van der Waals surface area contributed by atoms with Crippen LogP contribution in [0.3, 0.4) is 0 Å². The van der Waals surface area contributed by atoms with E-state index in [1.165, 1.54) is 6.42 Å². The molecule has 0 spiro atoms. The van der Waals surface area contributed by atoms with Gasteiger partial charge in [0.2, 0.25) is 0 Å². The predicted molar refractivity (Wildman–Crippen MR) is 77.5 cm³/mol. The van der Waals surface area contributed by atoms with Gasteiger partial charge in [-0.25, -0.2) is 0 Å². The normalized spacial score (nSPS) is 37.4. The molecular weight excluding hydrogens is 240 g/mol. The summed E-state index contributed by atoms with van der Waals surface area (Å²) in [5.74, 6) is 0.619. The van der Waals surface area contributed by atoms with E-state index in [0.717, 1.165) is 45.9 Å². The van der Waals surface area contributed by atoms with Gasteiger partial charge in [-0.05, 0) is 26.3 Å². The van der Waals surface area contributed by atoms with Gasteiger partial charge in [0.05, 0.1) is 19.3 Å². The Hall–Kier alpha value is -0.160. The lowest BCUT2D eigenvalue weighted by Gasteiger charge is -2.42. The Morgan fingerprint density at radius 1 is 1.26 bits per heavy atom. The number of nitrogens with zero attached hydrogens (tertiary/aromatic N) is 1. The summed E-state index contributed by atoms with van der Waals surface area (Å²) < 4.78 is 11.5. The van der Waals surface area contributed by atoms with Crippen molar-refractivity contribution < 1.29 is 9.47 Å². The van der Waals surface area contributed by atoms with Gasteiger partial charge in [0, 0.05) is 37.7 Å². The molecule has 4 atom stereocenters. The van der Waals surface area contributed by atoms with Crippen molar-refractivity contribution in [3.63, 3.8) is 0 Å². The molecular formula is C15H30N2O2. The van der Waals surface area contributed by atoms with Gasteiger partial charge in [-0.15, -0.1) is 0 Å². The van der Waals surface area contributed by atoms with Crippen LogP contribution in [0.4, 0.5) is 0 Å². The third-order valence-corrected chi connectivity index (χ3v) is 4.46. The Kier molecular flexibility index (Phi) is 6.07. The molecule has 0 aromatic heterocycles. The first-order chi connectivity index (χ1) is 9.24. The summed E-state index contributed by atoms with van der Waals surface area (Å²) in [6, 6.07) is 1.20. The van der Waals surface area contributed by atoms with Crippen molar-refractivity contribution in [2.24, 2.45) is 5.92 Å². The van der Waals surface area contributed by atoms with Crippen molar-refractivity contribution >= 4 is 0 Å². The van der Waals surface area contributed by atoms with Crippen LogP contribution < -0.4 is 5.32 Å². The largest absolute Gasteiger partial charge is 0.381 e. The summed E-state index contributed by atoms with van der Waals surface area (Å²) in [7, 11) is 0. The Bertz CT molecular complexity index is 261. The highest BCUT2D eigenvalue weighted by Gasteiger charge is 2.32. The van der Waals surface area contributed by atoms with E-state index in [1.54, 1.807) is 0 Å². The van der Waals surface area contributed by atoms with Crippen molar-refractivity contribution in [3.05, 3.63) is 0 Å². The summed E-state index contributed by atoms with van der Waals surface area (Å²) in [4.78, 5) is 2.62. The van der Waals surface area contributed by atoms with Gasteiger partial charge < -0.3 is 14.8 Å². The van der Waals surface area contributed by atoms with Crippen LogP contribution in [0.15, 0.2) is 0 Å². The molecule has 2 aliphatic rings. The number of rotatable bonds is 5. The Morgan fingerprint density at radius 3 is 2.84 bits per heavy atom. The molecule has 0 saturated carbocycles. The van der Waals surface area contributed by atoms with Gasteiger partial charge in [0.1, 0.15) is 0 Å². The van der Waals surface area contributed by atoms with Crippen LogP contribution in [-0.2, 0) is 9.47 Å². The third-order valence-electron chi connectivity index (χ3n) is 4.46. The lowest BCUT2D eigenvalue weighted by Crippen LogP contribution is -2.54. The second-order valence-corrected chi connectivity index (χ2v) is 5.95. The molecule has 2 rings (SSSR count). The number of hydrogen-bond donors (Lipinski definition) is 1. The molecule has 0 aromatic rings. The highest BCUT2D eigenvalue weighted by Crippen LogP contribution is 2.21. The molecule has 0 bridgehead atoms. The third kappa shape index (κ3) is 4.15. The monoisotopic (exact) mass is 270 g/mol. The minimum atomic E-state index is 0.366. The molecule has 1 N–H and O–H groups in total. The zero-order valence-corrected chi connectivity index (χ0v) is 12.7. The lowest BCUT2D eigenvalue weighted by atomic mass is 9.94. The smallest absolute Gasteiger partial charge is 0.0674 e. The van der Waals surface area contributed by atoms with Crippen molar-refractivity contribution in [1.29, 1.82) is 0 Å². The summed E-state index contributed by atoms with van der Waals surface area (Å²) in [6.45, 7) is 12.6. The molecule has 4 unspecified atom stereocenters. The Morgan fingerprint density at radius 2 is 2.11 bits per heavy atom. The molecule has 4 heteroatoms. The number of ether oxygens (including phenoxy) is 2. The molecule has 112 valence electrons. The Balaban J connectivity index is 1.92. The van der Waals surface area contributed by atoms with Crippen LogP contribution in [0.25, 0.3) is 0 Å².